The Labute approximate surface area is 79.3 Å². The van der Waals surface area contributed by atoms with Crippen LogP contribution in [0.1, 0.15) is 33.6 Å². The van der Waals surface area contributed by atoms with Gasteiger partial charge in [-0.1, -0.05) is 32.0 Å². The molecule has 1 N–H and O–H groups in total. The second kappa shape index (κ2) is 2.37. The molecule has 1 fully saturated rings. The van der Waals surface area contributed by atoms with E-state index in [1.54, 1.807) is 0 Å². The summed E-state index contributed by atoms with van der Waals surface area (Å²) in [6.07, 6.45) is 6.54. The van der Waals surface area contributed by atoms with Crippen LogP contribution in [0.2, 0.25) is 0 Å². The SMILES string of the molecule is CC1(C)[C@H]2C=C/C(=N\O)[C@]1(C)CC2. The minimum Gasteiger partial charge on any atom is -0.411 e. The second-order valence-corrected chi connectivity index (χ2v) is 5.04. The van der Waals surface area contributed by atoms with Crippen molar-refractivity contribution in [2.75, 3.05) is 0 Å². The van der Waals surface area contributed by atoms with Crippen LogP contribution < -0.4 is 0 Å². The molecule has 2 heteroatoms. The van der Waals surface area contributed by atoms with E-state index in [1.165, 1.54) is 6.42 Å². The van der Waals surface area contributed by atoms with E-state index in [1.807, 2.05) is 6.08 Å². The molecule has 0 radical (unpaired) electrons. The fraction of sp³-hybridized carbons (Fsp3) is 0.727. The zero-order chi connectivity index (χ0) is 9.69. The minimum atomic E-state index is 0.0706. The molecule has 0 aromatic rings. The fourth-order valence-electron chi connectivity index (χ4n) is 2.87. The number of fused-ring (bicyclic) bond motifs is 2. The van der Waals surface area contributed by atoms with Crippen LogP contribution in [-0.4, -0.2) is 10.9 Å². The molecule has 2 aliphatic rings. The highest BCUT2D eigenvalue weighted by Crippen LogP contribution is 2.59. The van der Waals surface area contributed by atoms with Crippen molar-refractivity contribution in [2.24, 2.45) is 21.9 Å². The van der Waals surface area contributed by atoms with Crippen molar-refractivity contribution in [1.29, 1.82) is 0 Å². The van der Waals surface area contributed by atoms with Gasteiger partial charge in [-0.2, -0.15) is 0 Å². The van der Waals surface area contributed by atoms with Crippen molar-refractivity contribution in [3.05, 3.63) is 12.2 Å². The van der Waals surface area contributed by atoms with E-state index in [-0.39, 0.29) is 10.8 Å². The lowest BCUT2D eigenvalue weighted by atomic mass is 9.61. The molecule has 1 saturated carbocycles. The smallest absolute Gasteiger partial charge is 0.0857 e. The van der Waals surface area contributed by atoms with Crippen molar-refractivity contribution in [1.82, 2.24) is 0 Å². The molecule has 0 saturated heterocycles. The number of allylic oxidation sites excluding steroid dienone is 2. The number of oxime groups is 1. The van der Waals surface area contributed by atoms with Crippen molar-refractivity contribution in [3.63, 3.8) is 0 Å². The fourth-order valence-corrected chi connectivity index (χ4v) is 2.87. The lowest BCUT2D eigenvalue weighted by Gasteiger charge is -2.43. The summed E-state index contributed by atoms with van der Waals surface area (Å²) >= 11 is 0. The summed E-state index contributed by atoms with van der Waals surface area (Å²) in [5.41, 5.74) is 1.16. The van der Waals surface area contributed by atoms with Gasteiger partial charge in [0.2, 0.25) is 0 Å². The molecule has 0 amide bonds. The largest absolute Gasteiger partial charge is 0.411 e. The second-order valence-electron chi connectivity index (χ2n) is 5.04. The third-order valence-corrected chi connectivity index (χ3v) is 4.46. The van der Waals surface area contributed by atoms with Crippen LogP contribution in [0, 0.1) is 16.7 Å². The van der Waals surface area contributed by atoms with Gasteiger partial charge in [-0.3, -0.25) is 0 Å². The van der Waals surface area contributed by atoms with Gasteiger partial charge < -0.3 is 5.21 Å². The predicted molar refractivity (Wildman–Crippen MR) is 53.0 cm³/mol. The highest BCUT2D eigenvalue weighted by atomic mass is 16.4. The van der Waals surface area contributed by atoms with E-state index in [2.05, 4.69) is 32.0 Å². The average Bonchev–Trinajstić information content (AvgIpc) is 2.24. The molecule has 2 atom stereocenters. The van der Waals surface area contributed by atoms with Crippen LogP contribution >= 0.6 is 0 Å². The van der Waals surface area contributed by atoms with Gasteiger partial charge in [0.1, 0.15) is 0 Å². The molecule has 72 valence electrons. The van der Waals surface area contributed by atoms with Crippen LogP contribution in [0.4, 0.5) is 0 Å². The standard InChI is InChI=1S/C11H17NO/c1-10(2)8-4-5-9(12-13)11(10,3)7-6-8/h4-5,8,13H,6-7H2,1-3H3/b12-9+/t8-,11-/m0/s1. The van der Waals surface area contributed by atoms with E-state index in [0.29, 0.717) is 5.92 Å². The maximum absolute atomic E-state index is 8.95. The Morgan fingerprint density at radius 3 is 2.77 bits per heavy atom. The highest BCUT2D eigenvalue weighted by molar-refractivity contribution is 6.01. The molecule has 0 spiro atoms. The topological polar surface area (TPSA) is 32.6 Å². The van der Waals surface area contributed by atoms with Crippen molar-refractivity contribution < 1.29 is 5.21 Å². The quantitative estimate of drug-likeness (QED) is 0.450. The monoisotopic (exact) mass is 179 g/mol. The minimum absolute atomic E-state index is 0.0706. The molecule has 0 heterocycles. The summed E-state index contributed by atoms with van der Waals surface area (Å²) in [6, 6.07) is 0. The van der Waals surface area contributed by atoms with Crippen molar-refractivity contribution >= 4 is 5.71 Å². The zero-order valence-electron chi connectivity index (χ0n) is 8.54. The number of hydrogen-bond acceptors (Lipinski definition) is 2. The summed E-state index contributed by atoms with van der Waals surface area (Å²) in [6.45, 7) is 6.77. The van der Waals surface area contributed by atoms with Gasteiger partial charge in [0.25, 0.3) is 0 Å². The van der Waals surface area contributed by atoms with E-state index in [0.717, 1.165) is 12.1 Å². The zero-order valence-corrected chi connectivity index (χ0v) is 8.54. The van der Waals surface area contributed by atoms with Crippen LogP contribution in [-0.2, 0) is 0 Å². The molecular formula is C11H17NO. The van der Waals surface area contributed by atoms with Gasteiger partial charge in [-0.15, -0.1) is 0 Å². The Morgan fingerprint density at radius 1 is 1.46 bits per heavy atom. The molecule has 0 aliphatic heterocycles. The first-order valence-corrected chi connectivity index (χ1v) is 4.93. The molecule has 2 bridgehead atoms. The summed E-state index contributed by atoms with van der Waals surface area (Å²) in [5, 5.41) is 12.4. The summed E-state index contributed by atoms with van der Waals surface area (Å²) in [5.74, 6) is 0.656. The first kappa shape index (κ1) is 8.79. The van der Waals surface area contributed by atoms with E-state index in [4.69, 9.17) is 5.21 Å². The maximum atomic E-state index is 8.95. The number of rotatable bonds is 0. The summed E-state index contributed by atoms with van der Waals surface area (Å²) in [4.78, 5) is 0. The van der Waals surface area contributed by atoms with Gasteiger partial charge in [0.05, 0.1) is 5.71 Å². The Hall–Kier alpha value is -0.790. The van der Waals surface area contributed by atoms with Gasteiger partial charge in [0, 0.05) is 5.41 Å². The Balaban J connectivity index is 2.54. The Kier molecular flexibility index (Phi) is 1.60. The third kappa shape index (κ3) is 0.862. The van der Waals surface area contributed by atoms with E-state index < -0.39 is 0 Å². The number of hydrogen-bond donors (Lipinski definition) is 1. The normalized spacial score (nSPS) is 44.2. The van der Waals surface area contributed by atoms with Crippen LogP contribution in [0.3, 0.4) is 0 Å². The lowest BCUT2D eigenvalue weighted by molar-refractivity contribution is 0.167. The first-order valence-electron chi connectivity index (χ1n) is 4.93. The Morgan fingerprint density at radius 2 is 2.15 bits per heavy atom. The van der Waals surface area contributed by atoms with Gasteiger partial charge in [-0.25, -0.2) is 0 Å². The molecule has 2 aliphatic carbocycles. The van der Waals surface area contributed by atoms with Gasteiger partial charge >= 0.3 is 0 Å². The molecule has 2 rings (SSSR count). The maximum Gasteiger partial charge on any atom is 0.0857 e. The number of nitrogens with zero attached hydrogens (tertiary/aromatic N) is 1. The predicted octanol–water partition coefficient (Wildman–Crippen LogP) is 2.83. The average molecular weight is 179 g/mol. The van der Waals surface area contributed by atoms with E-state index >= 15 is 0 Å². The molecule has 0 aromatic carbocycles. The van der Waals surface area contributed by atoms with Gasteiger partial charge in [0.15, 0.2) is 0 Å². The molecule has 2 nitrogen and oxygen atoms in total. The van der Waals surface area contributed by atoms with Crippen LogP contribution in [0.15, 0.2) is 17.3 Å². The third-order valence-electron chi connectivity index (χ3n) is 4.46. The molecule has 0 aromatic heterocycles. The van der Waals surface area contributed by atoms with E-state index in [9.17, 15) is 0 Å². The molecular weight excluding hydrogens is 162 g/mol. The molecule has 0 unspecified atom stereocenters. The van der Waals surface area contributed by atoms with Crippen molar-refractivity contribution in [3.8, 4) is 0 Å². The molecule has 13 heavy (non-hydrogen) atoms. The lowest BCUT2D eigenvalue weighted by Crippen LogP contribution is -2.42. The summed E-state index contributed by atoms with van der Waals surface area (Å²) < 4.78 is 0. The van der Waals surface area contributed by atoms with Crippen LogP contribution in [0.25, 0.3) is 0 Å². The highest BCUT2D eigenvalue weighted by Gasteiger charge is 2.55. The summed E-state index contributed by atoms with van der Waals surface area (Å²) in [7, 11) is 0. The Bertz CT molecular complexity index is 290. The van der Waals surface area contributed by atoms with Gasteiger partial charge in [-0.05, 0) is 30.3 Å². The van der Waals surface area contributed by atoms with Crippen molar-refractivity contribution in [2.45, 2.75) is 33.6 Å². The van der Waals surface area contributed by atoms with Crippen LogP contribution in [0.5, 0.6) is 0 Å². The first-order chi connectivity index (χ1) is 6.02.